The molecule has 1 heterocycles. The highest BCUT2D eigenvalue weighted by Gasteiger charge is 2.24. The molecule has 1 aromatic heterocycles. The van der Waals surface area contributed by atoms with E-state index in [-0.39, 0.29) is 12.0 Å². The van der Waals surface area contributed by atoms with Crippen LogP contribution in [-0.2, 0) is 9.53 Å². The van der Waals surface area contributed by atoms with Crippen molar-refractivity contribution >= 4 is 11.6 Å². The summed E-state index contributed by atoms with van der Waals surface area (Å²) in [5.74, 6) is 0.436. The third-order valence-corrected chi connectivity index (χ3v) is 4.08. The van der Waals surface area contributed by atoms with Crippen LogP contribution in [0.2, 0.25) is 0 Å². The Morgan fingerprint density at radius 3 is 2.70 bits per heavy atom. The molecule has 0 saturated heterocycles. The number of ether oxygens (including phenoxy) is 1. The van der Waals surface area contributed by atoms with Gasteiger partial charge in [0.25, 0.3) is 5.91 Å². The molecule has 2 N–H and O–H groups in total. The second-order valence-corrected chi connectivity index (χ2v) is 5.74. The van der Waals surface area contributed by atoms with Crippen molar-refractivity contribution in [3.8, 4) is 11.4 Å². The number of carbonyl (C=O) groups excluding carboxylic acids is 1. The molecule has 23 heavy (non-hydrogen) atoms. The Kier molecular flexibility index (Phi) is 4.97. The molecule has 1 aromatic carbocycles. The predicted octanol–water partition coefficient (Wildman–Crippen LogP) is 2.54. The molecule has 0 bridgehead atoms. The van der Waals surface area contributed by atoms with Crippen LogP contribution in [0.15, 0.2) is 24.3 Å². The molecule has 1 fully saturated rings. The van der Waals surface area contributed by atoms with Crippen molar-refractivity contribution in [1.29, 1.82) is 0 Å². The van der Waals surface area contributed by atoms with Crippen molar-refractivity contribution in [2.24, 2.45) is 0 Å². The third kappa shape index (κ3) is 3.92. The zero-order valence-electron chi connectivity index (χ0n) is 13.2. The number of hydrogen-bond donors (Lipinski definition) is 2. The first kappa shape index (κ1) is 15.6. The van der Waals surface area contributed by atoms with Gasteiger partial charge in [-0.1, -0.05) is 19.8 Å². The van der Waals surface area contributed by atoms with Crippen LogP contribution in [0.3, 0.4) is 0 Å². The summed E-state index contributed by atoms with van der Waals surface area (Å²) >= 11 is 0. The van der Waals surface area contributed by atoms with E-state index in [1.54, 1.807) is 0 Å². The Labute approximate surface area is 134 Å². The molecule has 2 aromatic rings. The molecule has 0 unspecified atom stereocenters. The van der Waals surface area contributed by atoms with Crippen LogP contribution in [0.25, 0.3) is 11.4 Å². The number of aromatic amines is 1. The van der Waals surface area contributed by atoms with Gasteiger partial charge in [0.1, 0.15) is 6.10 Å². The second-order valence-electron chi connectivity index (χ2n) is 5.74. The fraction of sp³-hybridized carbons (Fsp3) is 0.500. The van der Waals surface area contributed by atoms with Gasteiger partial charge < -0.3 is 10.1 Å². The first-order valence-corrected chi connectivity index (χ1v) is 8.06. The van der Waals surface area contributed by atoms with Crippen LogP contribution in [-0.4, -0.2) is 38.7 Å². The molecular weight excluding hydrogens is 294 g/mol. The number of benzene rings is 1. The minimum absolute atomic E-state index is 0.0910. The molecular formula is C16H21N5O2. The molecule has 7 nitrogen and oxygen atoms in total. The quantitative estimate of drug-likeness (QED) is 0.854. The zero-order valence-corrected chi connectivity index (χ0v) is 13.2. The Bertz CT molecular complexity index is 620. The van der Waals surface area contributed by atoms with E-state index in [0.717, 1.165) is 24.1 Å². The molecule has 0 aliphatic heterocycles. The maximum Gasteiger partial charge on any atom is 0.253 e. The average Bonchev–Trinajstić information content (AvgIpc) is 3.27. The molecule has 7 heteroatoms. The van der Waals surface area contributed by atoms with E-state index >= 15 is 0 Å². The van der Waals surface area contributed by atoms with Gasteiger partial charge in [0, 0.05) is 11.3 Å². The van der Waals surface area contributed by atoms with Gasteiger partial charge >= 0.3 is 0 Å². The van der Waals surface area contributed by atoms with E-state index in [0.29, 0.717) is 12.2 Å². The predicted molar refractivity (Wildman–Crippen MR) is 85.7 cm³/mol. The van der Waals surface area contributed by atoms with E-state index in [1.165, 1.54) is 12.8 Å². The summed E-state index contributed by atoms with van der Waals surface area (Å²) in [7, 11) is 0. The number of carbonyl (C=O) groups is 1. The number of hydrogen-bond acceptors (Lipinski definition) is 5. The van der Waals surface area contributed by atoms with Crippen molar-refractivity contribution in [1.82, 2.24) is 20.6 Å². The van der Waals surface area contributed by atoms with E-state index in [1.807, 2.05) is 31.2 Å². The highest BCUT2D eigenvalue weighted by Crippen LogP contribution is 2.23. The van der Waals surface area contributed by atoms with Crippen molar-refractivity contribution < 1.29 is 9.53 Å². The monoisotopic (exact) mass is 315 g/mol. The van der Waals surface area contributed by atoms with Gasteiger partial charge in [-0.05, 0) is 48.7 Å². The molecule has 1 amide bonds. The topological polar surface area (TPSA) is 92.8 Å². The number of H-pyrrole nitrogens is 1. The molecule has 1 aliphatic rings. The fourth-order valence-electron chi connectivity index (χ4n) is 2.81. The van der Waals surface area contributed by atoms with Crippen molar-refractivity contribution in [2.45, 2.75) is 51.2 Å². The lowest BCUT2D eigenvalue weighted by molar-refractivity contribution is -0.131. The minimum atomic E-state index is -0.394. The molecule has 0 spiro atoms. The number of amides is 1. The SMILES string of the molecule is CC[C@@H](OC1CCCC1)C(=O)Nc1ccc(-c2nn[nH]n2)cc1. The molecule has 0 radical (unpaired) electrons. The van der Waals surface area contributed by atoms with Gasteiger partial charge in [-0.3, -0.25) is 4.79 Å². The van der Waals surface area contributed by atoms with Crippen LogP contribution in [0.5, 0.6) is 0 Å². The molecule has 122 valence electrons. The molecule has 1 saturated carbocycles. The number of anilines is 1. The van der Waals surface area contributed by atoms with Crippen LogP contribution in [0.1, 0.15) is 39.0 Å². The molecule has 3 rings (SSSR count). The van der Waals surface area contributed by atoms with E-state index in [9.17, 15) is 4.79 Å². The number of aromatic nitrogens is 4. The standard InChI is InChI=1S/C16H21N5O2/c1-2-14(23-13-5-3-4-6-13)16(22)17-12-9-7-11(8-10-12)15-18-20-21-19-15/h7-10,13-14H,2-6H2,1H3,(H,17,22)(H,18,19,20,21)/t14-/m1/s1. The minimum Gasteiger partial charge on any atom is -0.365 e. The lowest BCUT2D eigenvalue weighted by atomic mass is 10.2. The number of nitrogens with one attached hydrogen (secondary N) is 2. The van der Waals surface area contributed by atoms with Gasteiger partial charge in [0.2, 0.25) is 5.82 Å². The highest BCUT2D eigenvalue weighted by molar-refractivity contribution is 5.94. The Balaban J connectivity index is 1.59. The van der Waals surface area contributed by atoms with Gasteiger partial charge in [-0.15, -0.1) is 10.2 Å². The highest BCUT2D eigenvalue weighted by atomic mass is 16.5. The van der Waals surface area contributed by atoms with E-state index in [2.05, 4.69) is 25.9 Å². The molecule has 1 atom stereocenters. The largest absolute Gasteiger partial charge is 0.365 e. The smallest absolute Gasteiger partial charge is 0.253 e. The summed E-state index contributed by atoms with van der Waals surface area (Å²) in [5.41, 5.74) is 1.57. The summed E-state index contributed by atoms with van der Waals surface area (Å²) in [6.45, 7) is 1.97. The Hall–Kier alpha value is -2.28. The average molecular weight is 315 g/mol. The second kappa shape index (κ2) is 7.32. The van der Waals surface area contributed by atoms with Crippen LogP contribution in [0, 0.1) is 0 Å². The number of nitrogens with zero attached hydrogens (tertiary/aromatic N) is 3. The first-order chi connectivity index (χ1) is 11.3. The van der Waals surface area contributed by atoms with Crippen molar-refractivity contribution in [3.05, 3.63) is 24.3 Å². The van der Waals surface area contributed by atoms with Crippen LogP contribution >= 0.6 is 0 Å². The lowest BCUT2D eigenvalue weighted by Crippen LogP contribution is -2.32. The zero-order chi connectivity index (χ0) is 16.1. The third-order valence-electron chi connectivity index (χ3n) is 4.08. The maximum absolute atomic E-state index is 12.4. The van der Waals surface area contributed by atoms with Gasteiger partial charge in [-0.2, -0.15) is 5.21 Å². The van der Waals surface area contributed by atoms with E-state index in [4.69, 9.17) is 4.74 Å². The van der Waals surface area contributed by atoms with Crippen molar-refractivity contribution in [2.75, 3.05) is 5.32 Å². The molecule has 1 aliphatic carbocycles. The number of rotatable bonds is 6. The summed E-state index contributed by atoms with van der Waals surface area (Å²) in [4.78, 5) is 12.4. The van der Waals surface area contributed by atoms with Crippen LogP contribution < -0.4 is 5.32 Å². The van der Waals surface area contributed by atoms with E-state index < -0.39 is 6.10 Å². The first-order valence-electron chi connectivity index (χ1n) is 8.06. The summed E-state index contributed by atoms with van der Waals surface area (Å²) < 4.78 is 5.93. The fourth-order valence-corrected chi connectivity index (χ4v) is 2.81. The Morgan fingerprint density at radius 2 is 2.09 bits per heavy atom. The maximum atomic E-state index is 12.4. The van der Waals surface area contributed by atoms with Crippen molar-refractivity contribution in [3.63, 3.8) is 0 Å². The number of tetrazole rings is 1. The van der Waals surface area contributed by atoms with Gasteiger partial charge in [0.15, 0.2) is 0 Å². The summed E-state index contributed by atoms with van der Waals surface area (Å²) in [6, 6.07) is 7.34. The summed E-state index contributed by atoms with van der Waals surface area (Å²) in [5, 5.41) is 16.7. The van der Waals surface area contributed by atoms with Gasteiger partial charge in [-0.25, -0.2) is 0 Å². The van der Waals surface area contributed by atoms with Gasteiger partial charge in [0.05, 0.1) is 6.10 Å². The Morgan fingerprint density at radius 1 is 1.35 bits per heavy atom. The lowest BCUT2D eigenvalue weighted by Gasteiger charge is -2.20. The summed E-state index contributed by atoms with van der Waals surface area (Å²) in [6.07, 6.45) is 5.01. The van der Waals surface area contributed by atoms with Crippen LogP contribution in [0.4, 0.5) is 5.69 Å². The normalized spacial score (nSPS) is 16.4.